The number of phenols is 1. The van der Waals surface area contributed by atoms with E-state index >= 15 is 0 Å². The number of nitrogens with two attached hydrogens (primary N) is 1. The van der Waals surface area contributed by atoms with Gasteiger partial charge in [-0.05, 0) is 112 Å². The molecule has 0 saturated carbocycles. The number of amides is 8. The van der Waals surface area contributed by atoms with E-state index in [2.05, 4.69) is 47.2 Å². The van der Waals surface area contributed by atoms with E-state index in [1.165, 1.54) is 42.3 Å². The van der Waals surface area contributed by atoms with E-state index in [-0.39, 0.29) is 44.5 Å². The molecule has 8 amide bonds. The van der Waals surface area contributed by atoms with E-state index in [1.807, 2.05) is 19.1 Å². The van der Waals surface area contributed by atoms with Gasteiger partial charge in [0.05, 0.1) is 37.0 Å². The van der Waals surface area contributed by atoms with Crippen molar-refractivity contribution in [2.45, 2.75) is 108 Å². The van der Waals surface area contributed by atoms with Crippen LogP contribution in [0.2, 0.25) is 0 Å². The van der Waals surface area contributed by atoms with Gasteiger partial charge in [-0.25, -0.2) is 0 Å². The molecule has 1 aliphatic heterocycles. The van der Waals surface area contributed by atoms with Crippen molar-refractivity contribution >= 4 is 59.2 Å². The molecule has 1 saturated heterocycles. The van der Waals surface area contributed by atoms with Gasteiger partial charge in [-0.1, -0.05) is 12.1 Å². The SMILES string of the molecule is Cc1ccnc(-c2cc(CC(=O)NCC(=O)N[C@H](C(=O)NCC(=O)N[C@@H](CCC(=O)O)C(=O)N[C@@H](CCCCN)C(=O)N3CCC[C@H]3C(=O)N[C@@H](Cc3ccc(O)cc3)C(=O)NCC(=O)O)[C@@H](C)O)ccn2)c1. The Bertz CT molecular complexity index is 2460. The van der Waals surface area contributed by atoms with Crippen LogP contribution in [0, 0.1) is 6.92 Å². The Hall–Kier alpha value is -8.06. The van der Waals surface area contributed by atoms with Crippen molar-refractivity contribution in [1.82, 2.24) is 52.1 Å². The number of phenolic OH excluding ortho intramolecular Hbond substituents is 1. The summed E-state index contributed by atoms with van der Waals surface area (Å²) in [7, 11) is 0. The Morgan fingerprint density at radius 1 is 0.699 bits per heavy atom. The highest BCUT2D eigenvalue weighted by Crippen LogP contribution is 2.22. The minimum atomic E-state index is -1.61. The number of carbonyl (C=O) groups is 10. The number of rotatable bonds is 28. The summed E-state index contributed by atoms with van der Waals surface area (Å²) in [5.74, 6) is -9.34. The predicted octanol–water partition coefficient (Wildman–Crippen LogP) is -2.32. The summed E-state index contributed by atoms with van der Waals surface area (Å²) in [6.07, 6.45) is 1.63. The van der Waals surface area contributed by atoms with Crippen LogP contribution in [0.3, 0.4) is 0 Å². The lowest BCUT2D eigenvalue weighted by atomic mass is 10.0. The number of nitrogens with zero attached hydrogens (tertiary/aromatic N) is 3. The average molecular weight is 1020 g/mol. The number of aliphatic hydroxyl groups is 1. The van der Waals surface area contributed by atoms with Crippen LogP contribution in [0.1, 0.15) is 68.6 Å². The first-order valence-corrected chi connectivity index (χ1v) is 23.5. The van der Waals surface area contributed by atoms with E-state index < -0.39 is 128 Å². The second kappa shape index (κ2) is 28.7. The topological polar surface area (TPSA) is 391 Å². The number of benzene rings is 1. The lowest BCUT2D eigenvalue weighted by molar-refractivity contribution is -0.143. The maximum atomic E-state index is 14.2. The first-order valence-electron chi connectivity index (χ1n) is 23.5. The normalized spacial score (nSPS) is 15.0. The van der Waals surface area contributed by atoms with Gasteiger partial charge >= 0.3 is 11.9 Å². The van der Waals surface area contributed by atoms with E-state index in [0.29, 0.717) is 41.8 Å². The second-order valence-corrected chi connectivity index (χ2v) is 17.4. The number of aliphatic carboxylic acids is 2. The van der Waals surface area contributed by atoms with Crippen molar-refractivity contribution in [3.8, 4) is 17.1 Å². The summed E-state index contributed by atoms with van der Waals surface area (Å²) in [6, 6.07) is 5.82. The molecule has 0 spiro atoms. The van der Waals surface area contributed by atoms with Crippen molar-refractivity contribution in [1.29, 1.82) is 0 Å². The molecule has 3 aromatic rings. The number of aryl methyl sites for hydroxylation is 1. The molecule has 25 nitrogen and oxygen atoms in total. The summed E-state index contributed by atoms with van der Waals surface area (Å²) in [5.41, 5.74) is 8.92. The molecule has 4 rings (SSSR count). The third-order valence-corrected chi connectivity index (χ3v) is 11.4. The average Bonchev–Trinajstić information content (AvgIpc) is 3.85. The van der Waals surface area contributed by atoms with Gasteiger partial charge in [-0.2, -0.15) is 0 Å². The fraction of sp³-hybridized carbons (Fsp3) is 0.458. The van der Waals surface area contributed by atoms with Crippen LogP contribution < -0.4 is 43.0 Å². The van der Waals surface area contributed by atoms with E-state index in [1.54, 1.807) is 18.3 Å². The standard InChI is InChI=1S/C48H63N11O14/c1-27-14-17-50-34(20-27)35-22-30(15-18-51-35)23-38(62)52-24-40(64)58-43(28(2)60)47(72)53-25-39(63)55-32(12-13-41(65)66)45(70)56-33(6-3-4-16-49)48(73)59-19-5-7-37(59)46(71)57-36(44(69)54-26-42(67)68)21-29-8-10-31(61)11-9-29/h8-11,14-15,17-18,20,22,28,32-33,36-37,43,60-61H,3-7,12-13,16,19,21,23-26,49H2,1-2H3,(H,52,62)(H,53,72)(H,54,69)(H,55,63)(H,56,70)(H,57,71)(H,58,64)(H,65,66)(H,67,68)/t28-,32+,33+,36+,37+,43+/m1/s1. The number of aliphatic hydroxyl groups excluding tert-OH is 1. The molecular weight excluding hydrogens is 955 g/mol. The summed E-state index contributed by atoms with van der Waals surface area (Å²) < 4.78 is 0. The Balaban J connectivity index is 1.37. The molecule has 3 heterocycles. The first-order chi connectivity index (χ1) is 34.7. The number of carboxylic acid groups (broad SMARTS) is 2. The van der Waals surface area contributed by atoms with Crippen LogP contribution in [0.4, 0.5) is 0 Å². The third-order valence-electron chi connectivity index (χ3n) is 11.4. The van der Waals surface area contributed by atoms with Gasteiger partial charge in [-0.3, -0.25) is 57.9 Å². The summed E-state index contributed by atoms with van der Waals surface area (Å²) in [6.45, 7) is 1.27. The molecule has 6 atom stereocenters. The first kappa shape index (κ1) is 57.5. The molecule has 73 heavy (non-hydrogen) atoms. The smallest absolute Gasteiger partial charge is 0.322 e. The van der Waals surface area contributed by atoms with Crippen LogP contribution in [-0.4, -0.2) is 164 Å². The van der Waals surface area contributed by atoms with Crippen molar-refractivity contribution in [2.24, 2.45) is 5.73 Å². The molecule has 1 aromatic carbocycles. The molecule has 0 aliphatic carbocycles. The zero-order valence-electron chi connectivity index (χ0n) is 40.4. The highest BCUT2D eigenvalue weighted by atomic mass is 16.4. The number of carbonyl (C=O) groups excluding carboxylic acids is 8. The van der Waals surface area contributed by atoms with E-state index in [0.717, 1.165) is 5.56 Å². The lowest BCUT2D eigenvalue weighted by Crippen LogP contribution is -2.59. The van der Waals surface area contributed by atoms with Crippen LogP contribution in [0.25, 0.3) is 11.4 Å². The van der Waals surface area contributed by atoms with Crippen LogP contribution >= 0.6 is 0 Å². The minimum absolute atomic E-state index is 0.0114. The van der Waals surface area contributed by atoms with E-state index in [9.17, 15) is 63.3 Å². The van der Waals surface area contributed by atoms with Crippen molar-refractivity contribution in [3.05, 3.63) is 77.6 Å². The summed E-state index contributed by atoms with van der Waals surface area (Å²) in [4.78, 5) is 139. The lowest BCUT2D eigenvalue weighted by Gasteiger charge is -2.30. The number of aromatic nitrogens is 2. The molecule has 1 aliphatic rings. The zero-order chi connectivity index (χ0) is 53.6. The Kier molecular flexibility index (Phi) is 22.6. The molecule has 0 unspecified atom stereocenters. The minimum Gasteiger partial charge on any atom is -0.508 e. The quantitative estimate of drug-likeness (QED) is 0.0340. The molecule has 2 aromatic heterocycles. The second-order valence-electron chi connectivity index (χ2n) is 17.4. The molecule has 394 valence electrons. The Morgan fingerprint density at radius 2 is 1.36 bits per heavy atom. The van der Waals surface area contributed by atoms with Crippen molar-refractivity contribution in [2.75, 3.05) is 32.7 Å². The van der Waals surface area contributed by atoms with Gasteiger partial charge in [0, 0.05) is 31.8 Å². The molecule has 25 heteroatoms. The molecule has 0 radical (unpaired) electrons. The molecule has 0 bridgehead atoms. The van der Waals surface area contributed by atoms with Gasteiger partial charge in [0.1, 0.15) is 42.5 Å². The number of hydrogen-bond acceptors (Lipinski definition) is 15. The number of aromatic hydroxyl groups is 1. The van der Waals surface area contributed by atoms with E-state index in [4.69, 9.17) is 10.8 Å². The number of hydrogen-bond donors (Lipinski definition) is 12. The van der Waals surface area contributed by atoms with Gasteiger partial charge in [0.2, 0.25) is 47.3 Å². The highest BCUT2D eigenvalue weighted by molar-refractivity contribution is 5.97. The van der Waals surface area contributed by atoms with Crippen LogP contribution in [-0.2, 0) is 60.8 Å². The number of unbranched alkanes of at least 4 members (excludes halogenated alkanes) is 1. The molecule has 13 N–H and O–H groups in total. The van der Waals surface area contributed by atoms with Crippen LogP contribution in [0.15, 0.2) is 60.9 Å². The highest BCUT2D eigenvalue weighted by Gasteiger charge is 2.39. The predicted molar refractivity (Wildman–Crippen MR) is 258 cm³/mol. The van der Waals surface area contributed by atoms with Gasteiger partial charge < -0.3 is 68.3 Å². The maximum Gasteiger partial charge on any atom is 0.322 e. The van der Waals surface area contributed by atoms with Gasteiger partial charge in [-0.15, -0.1) is 0 Å². The zero-order valence-corrected chi connectivity index (χ0v) is 40.4. The number of pyridine rings is 2. The largest absolute Gasteiger partial charge is 0.508 e. The summed E-state index contributed by atoms with van der Waals surface area (Å²) in [5, 5.41) is 55.4. The number of nitrogens with one attached hydrogen (secondary N) is 7. The maximum absolute atomic E-state index is 14.2. The summed E-state index contributed by atoms with van der Waals surface area (Å²) >= 11 is 0. The number of likely N-dealkylation sites (tertiary alicyclic amines) is 1. The Labute approximate surface area is 419 Å². The number of carboxylic acids is 2. The molecule has 1 fully saturated rings. The fourth-order valence-electron chi connectivity index (χ4n) is 7.67. The van der Waals surface area contributed by atoms with Crippen molar-refractivity contribution < 1.29 is 68.4 Å². The van der Waals surface area contributed by atoms with Crippen LogP contribution in [0.5, 0.6) is 5.75 Å². The Morgan fingerprint density at radius 3 is 2.01 bits per heavy atom. The monoisotopic (exact) mass is 1020 g/mol. The molecular formula is C48H63N11O14. The van der Waals surface area contributed by atoms with Gasteiger partial charge in [0.25, 0.3) is 0 Å². The fourth-order valence-corrected chi connectivity index (χ4v) is 7.67. The van der Waals surface area contributed by atoms with Crippen molar-refractivity contribution in [3.63, 3.8) is 0 Å². The third kappa shape index (κ3) is 19.2. The van der Waals surface area contributed by atoms with Gasteiger partial charge in [0.15, 0.2) is 0 Å².